The molecular weight excluding hydrogens is 370 g/mol. The standard InChI is InChI=1S/C19H18ClN3O2S/c1-13-4-2-6-15(8-13)19-22-18(25-23-19)10-21-17(24)12-26-11-14-5-3-7-16(20)9-14/h2-9H,10-12H2,1H3,(H,21,24). The summed E-state index contributed by atoms with van der Waals surface area (Å²) >= 11 is 7.47. The van der Waals surface area contributed by atoms with E-state index >= 15 is 0 Å². The monoisotopic (exact) mass is 387 g/mol. The van der Waals surface area contributed by atoms with Crippen LogP contribution in [0.3, 0.4) is 0 Å². The third-order valence-electron chi connectivity index (χ3n) is 3.57. The molecule has 0 saturated heterocycles. The Morgan fingerprint density at radius 2 is 2.08 bits per heavy atom. The lowest BCUT2D eigenvalue weighted by molar-refractivity contribution is -0.118. The summed E-state index contributed by atoms with van der Waals surface area (Å²) in [5, 5.41) is 7.45. The van der Waals surface area contributed by atoms with Gasteiger partial charge in [0.2, 0.25) is 17.6 Å². The molecule has 0 unspecified atom stereocenters. The number of carbonyl (C=O) groups excluding carboxylic acids is 1. The minimum absolute atomic E-state index is 0.0765. The predicted molar refractivity (Wildman–Crippen MR) is 104 cm³/mol. The molecule has 1 heterocycles. The van der Waals surface area contributed by atoms with E-state index in [2.05, 4.69) is 15.5 Å². The lowest BCUT2D eigenvalue weighted by atomic mass is 10.1. The van der Waals surface area contributed by atoms with Crippen LogP contribution in [0.15, 0.2) is 53.1 Å². The molecule has 0 aliphatic rings. The number of aryl methyl sites for hydroxylation is 1. The second-order valence-electron chi connectivity index (χ2n) is 5.78. The highest BCUT2D eigenvalue weighted by Crippen LogP contribution is 2.18. The second-order valence-corrected chi connectivity index (χ2v) is 7.20. The highest BCUT2D eigenvalue weighted by atomic mass is 35.5. The third-order valence-corrected chi connectivity index (χ3v) is 4.81. The van der Waals surface area contributed by atoms with Crippen molar-refractivity contribution in [2.24, 2.45) is 0 Å². The van der Waals surface area contributed by atoms with E-state index in [1.807, 2.05) is 55.5 Å². The van der Waals surface area contributed by atoms with E-state index in [1.54, 1.807) is 0 Å². The van der Waals surface area contributed by atoms with Crippen molar-refractivity contribution in [2.45, 2.75) is 19.2 Å². The van der Waals surface area contributed by atoms with Crippen LogP contribution in [0.1, 0.15) is 17.0 Å². The van der Waals surface area contributed by atoms with Gasteiger partial charge in [0.25, 0.3) is 0 Å². The summed E-state index contributed by atoms with van der Waals surface area (Å²) in [5.41, 5.74) is 3.11. The Morgan fingerprint density at radius 3 is 2.88 bits per heavy atom. The molecule has 3 rings (SSSR count). The fourth-order valence-corrected chi connectivity index (χ4v) is 3.36. The molecule has 0 radical (unpaired) electrons. The van der Waals surface area contributed by atoms with Crippen molar-refractivity contribution in [1.29, 1.82) is 0 Å². The fourth-order valence-electron chi connectivity index (χ4n) is 2.34. The molecule has 0 bridgehead atoms. The van der Waals surface area contributed by atoms with Gasteiger partial charge >= 0.3 is 0 Å². The van der Waals surface area contributed by atoms with Crippen molar-refractivity contribution in [3.8, 4) is 11.4 Å². The Labute approximate surface area is 161 Å². The lowest BCUT2D eigenvalue weighted by Crippen LogP contribution is -2.24. The number of amides is 1. The maximum Gasteiger partial charge on any atom is 0.246 e. The highest BCUT2D eigenvalue weighted by molar-refractivity contribution is 7.99. The van der Waals surface area contributed by atoms with Crippen LogP contribution in [-0.2, 0) is 17.1 Å². The van der Waals surface area contributed by atoms with E-state index in [0.717, 1.165) is 22.4 Å². The predicted octanol–water partition coefficient (Wildman–Crippen LogP) is 4.25. The summed E-state index contributed by atoms with van der Waals surface area (Å²) in [4.78, 5) is 16.3. The van der Waals surface area contributed by atoms with Crippen molar-refractivity contribution in [3.05, 3.63) is 70.6 Å². The highest BCUT2D eigenvalue weighted by Gasteiger charge is 2.10. The average Bonchev–Trinajstić information content (AvgIpc) is 3.09. The number of hydrogen-bond donors (Lipinski definition) is 1. The van der Waals surface area contributed by atoms with Crippen molar-refractivity contribution in [3.63, 3.8) is 0 Å². The molecule has 0 aliphatic carbocycles. The number of thioether (sulfide) groups is 1. The molecular formula is C19H18ClN3O2S. The Hall–Kier alpha value is -2.31. The molecule has 2 aromatic carbocycles. The van der Waals surface area contributed by atoms with Crippen LogP contribution in [0.25, 0.3) is 11.4 Å². The number of carbonyl (C=O) groups is 1. The van der Waals surface area contributed by atoms with Crippen molar-refractivity contribution >= 4 is 29.3 Å². The first kappa shape index (κ1) is 18.5. The largest absolute Gasteiger partial charge is 0.346 e. The van der Waals surface area contributed by atoms with Crippen molar-refractivity contribution in [2.75, 3.05) is 5.75 Å². The quantitative estimate of drug-likeness (QED) is 0.656. The molecule has 134 valence electrons. The third kappa shape index (κ3) is 5.34. The Kier molecular flexibility index (Phi) is 6.30. The van der Waals surface area contributed by atoms with Crippen LogP contribution in [0.5, 0.6) is 0 Å². The van der Waals surface area contributed by atoms with Crippen LogP contribution in [0.4, 0.5) is 0 Å². The molecule has 1 N–H and O–H groups in total. The van der Waals surface area contributed by atoms with E-state index in [-0.39, 0.29) is 12.5 Å². The molecule has 0 fully saturated rings. The van der Waals surface area contributed by atoms with Crippen LogP contribution in [0, 0.1) is 6.92 Å². The summed E-state index contributed by atoms with van der Waals surface area (Å²) < 4.78 is 5.20. The number of nitrogens with zero attached hydrogens (tertiary/aromatic N) is 2. The van der Waals surface area contributed by atoms with Crippen LogP contribution >= 0.6 is 23.4 Å². The Morgan fingerprint density at radius 1 is 1.23 bits per heavy atom. The number of rotatable bonds is 7. The van der Waals surface area contributed by atoms with E-state index < -0.39 is 0 Å². The Balaban J connectivity index is 1.45. The smallest absolute Gasteiger partial charge is 0.246 e. The average molecular weight is 388 g/mol. The maximum absolute atomic E-state index is 11.9. The van der Waals surface area contributed by atoms with E-state index in [4.69, 9.17) is 16.1 Å². The topological polar surface area (TPSA) is 68.0 Å². The van der Waals surface area contributed by atoms with Crippen LogP contribution in [-0.4, -0.2) is 21.8 Å². The van der Waals surface area contributed by atoms with Crippen LogP contribution in [0.2, 0.25) is 5.02 Å². The molecule has 26 heavy (non-hydrogen) atoms. The zero-order valence-electron chi connectivity index (χ0n) is 14.2. The van der Waals surface area contributed by atoms with E-state index in [0.29, 0.717) is 22.5 Å². The maximum atomic E-state index is 11.9. The fraction of sp³-hybridized carbons (Fsp3) is 0.211. The minimum Gasteiger partial charge on any atom is -0.346 e. The first-order chi connectivity index (χ1) is 12.6. The van der Waals surface area contributed by atoms with Crippen LogP contribution < -0.4 is 5.32 Å². The van der Waals surface area contributed by atoms with Gasteiger partial charge in [-0.15, -0.1) is 11.8 Å². The molecule has 0 saturated carbocycles. The molecule has 1 amide bonds. The van der Waals surface area contributed by atoms with E-state index in [1.165, 1.54) is 11.8 Å². The van der Waals surface area contributed by atoms with Gasteiger partial charge < -0.3 is 9.84 Å². The van der Waals surface area contributed by atoms with Gasteiger partial charge in [0.15, 0.2) is 0 Å². The number of hydrogen-bond acceptors (Lipinski definition) is 5. The zero-order chi connectivity index (χ0) is 18.4. The van der Waals surface area contributed by atoms with Gasteiger partial charge in [-0.3, -0.25) is 4.79 Å². The molecule has 3 aromatic rings. The molecule has 0 spiro atoms. The molecule has 0 atom stereocenters. The molecule has 1 aromatic heterocycles. The molecule has 7 heteroatoms. The number of benzene rings is 2. The van der Waals surface area contributed by atoms with Gasteiger partial charge in [0.05, 0.1) is 12.3 Å². The minimum atomic E-state index is -0.0765. The Bertz CT molecular complexity index is 898. The normalized spacial score (nSPS) is 10.7. The molecule has 5 nitrogen and oxygen atoms in total. The van der Waals surface area contributed by atoms with Crippen molar-refractivity contribution in [1.82, 2.24) is 15.5 Å². The number of aromatic nitrogens is 2. The first-order valence-electron chi connectivity index (χ1n) is 8.08. The van der Waals surface area contributed by atoms with Gasteiger partial charge in [-0.05, 0) is 30.7 Å². The molecule has 0 aliphatic heterocycles. The summed E-state index contributed by atoms with van der Waals surface area (Å²) in [5.74, 6) is 1.91. The van der Waals surface area contributed by atoms with E-state index in [9.17, 15) is 4.79 Å². The summed E-state index contributed by atoms with van der Waals surface area (Å²) in [6, 6.07) is 15.5. The summed E-state index contributed by atoms with van der Waals surface area (Å²) in [6.45, 7) is 2.22. The van der Waals surface area contributed by atoms with Gasteiger partial charge in [-0.25, -0.2) is 0 Å². The van der Waals surface area contributed by atoms with Gasteiger partial charge in [0, 0.05) is 16.3 Å². The van der Waals surface area contributed by atoms with Crippen molar-refractivity contribution < 1.29 is 9.32 Å². The van der Waals surface area contributed by atoms with Gasteiger partial charge in [0.1, 0.15) is 0 Å². The lowest BCUT2D eigenvalue weighted by Gasteiger charge is -2.03. The van der Waals surface area contributed by atoms with Gasteiger partial charge in [-0.1, -0.05) is 52.7 Å². The van der Waals surface area contributed by atoms with Gasteiger partial charge in [-0.2, -0.15) is 4.98 Å². The number of halogens is 1. The summed E-state index contributed by atoms with van der Waals surface area (Å²) in [6.07, 6.45) is 0. The zero-order valence-corrected chi connectivity index (χ0v) is 15.8. The first-order valence-corrected chi connectivity index (χ1v) is 9.62. The SMILES string of the molecule is Cc1cccc(-c2noc(CNC(=O)CSCc3cccc(Cl)c3)n2)c1. The second kappa shape index (κ2) is 8.87. The summed E-state index contributed by atoms with van der Waals surface area (Å²) in [7, 11) is 0. The number of nitrogens with one attached hydrogen (secondary N) is 1.